The summed E-state index contributed by atoms with van der Waals surface area (Å²) in [6.45, 7) is 2.82. The number of methoxy groups -OCH3 is 1. The Morgan fingerprint density at radius 3 is 2.70 bits per heavy atom. The lowest BCUT2D eigenvalue weighted by atomic mass is 10.1. The number of benzene rings is 2. The van der Waals surface area contributed by atoms with Gasteiger partial charge in [0.2, 0.25) is 0 Å². The summed E-state index contributed by atoms with van der Waals surface area (Å²) in [6.07, 6.45) is 0. The van der Waals surface area contributed by atoms with Crippen LogP contribution in [-0.2, 0) is 6.54 Å². The van der Waals surface area contributed by atoms with E-state index >= 15 is 0 Å². The molecule has 20 heavy (non-hydrogen) atoms. The van der Waals surface area contributed by atoms with Gasteiger partial charge in [0.05, 0.1) is 11.6 Å². The van der Waals surface area contributed by atoms with E-state index in [1.807, 2.05) is 30.3 Å². The summed E-state index contributed by atoms with van der Waals surface area (Å²) in [4.78, 5) is 0. The number of para-hydroxylation sites is 1. The van der Waals surface area contributed by atoms with E-state index in [2.05, 4.69) is 34.2 Å². The second kappa shape index (κ2) is 6.77. The van der Waals surface area contributed by atoms with Crippen LogP contribution in [0, 0.1) is 0 Å². The van der Waals surface area contributed by atoms with Gasteiger partial charge >= 0.3 is 0 Å². The minimum Gasteiger partial charge on any atom is -0.507 e. The summed E-state index contributed by atoms with van der Waals surface area (Å²) in [5.74, 6) is 1.14. The Balaban J connectivity index is 2.04. The van der Waals surface area contributed by atoms with E-state index < -0.39 is 0 Å². The lowest BCUT2D eigenvalue weighted by Crippen LogP contribution is -2.18. The molecule has 0 aliphatic heterocycles. The molecule has 106 valence electrons. The maximum Gasteiger partial charge on any atom is 0.129 e. The van der Waals surface area contributed by atoms with Gasteiger partial charge in [0, 0.05) is 18.2 Å². The number of ether oxygens (including phenoxy) is 1. The van der Waals surface area contributed by atoms with Crippen molar-refractivity contribution in [2.45, 2.75) is 19.5 Å². The number of nitrogens with one attached hydrogen (secondary N) is 1. The first-order valence-electron chi connectivity index (χ1n) is 6.45. The minimum atomic E-state index is 0.179. The molecule has 0 aliphatic rings. The first-order valence-corrected chi connectivity index (χ1v) is 7.25. The number of aromatic hydroxyl groups is 1. The second-order valence-electron chi connectivity index (χ2n) is 4.63. The number of rotatable bonds is 5. The average Bonchev–Trinajstić information content (AvgIpc) is 2.48. The van der Waals surface area contributed by atoms with Crippen LogP contribution in [0.4, 0.5) is 0 Å². The van der Waals surface area contributed by atoms with Gasteiger partial charge in [-0.25, -0.2) is 0 Å². The van der Waals surface area contributed by atoms with Crippen molar-refractivity contribution in [2.75, 3.05) is 7.11 Å². The molecule has 0 radical (unpaired) electrons. The van der Waals surface area contributed by atoms with Gasteiger partial charge in [-0.15, -0.1) is 0 Å². The Hall–Kier alpha value is -1.52. The second-order valence-corrected chi connectivity index (χ2v) is 5.48. The third kappa shape index (κ3) is 3.52. The van der Waals surface area contributed by atoms with E-state index in [-0.39, 0.29) is 11.8 Å². The Bertz CT molecular complexity index is 586. The molecule has 2 N–H and O–H groups in total. The molecular weight excluding hydrogens is 318 g/mol. The fourth-order valence-corrected chi connectivity index (χ4v) is 2.49. The molecule has 4 heteroatoms. The number of hydrogen-bond acceptors (Lipinski definition) is 3. The Morgan fingerprint density at radius 2 is 2.00 bits per heavy atom. The smallest absolute Gasteiger partial charge is 0.129 e. The highest BCUT2D eigenvalue weighted by atomic mass is 79.9. The van der Waals surface area contributed by atoms with E-state index in [0.717, 1.165) is 23.4 Å². The van der Waals surface area contributed by atoms with E-state index in [9.17, 15) is 5.11 Å². The van der Waals surface area contributed by atoms with Crippen LogP contribution in [0.15, 0.2) is 46.9 Å². The lowest BCUT2D eigenvalue weighted by molar-refractivity contribution is 0.401. The van der Waals surface area contributed by atoms with Gasteiger partial charge in [0.1, 0.15) is 11.5 Å². The van der Waals surface area contributed by atoms with Crippen LogP contribution in [0.5, 0.6) is 11.5 Å². The van der Waals surface area contributed by atoms with Gasteiger partial charge in [-0.05, 0) is 46.6 Å². The van der Waals surface area contributed by atoms with Gasteiger partial charge in [0.25, 0.3) is 0 Å². The van der Waals surface area contributed by atoms with Crippen molar-refractivity contribution in [3.8, 4) is 11.5 Å². The first-order chi connectivity index (χ1) is 9.61. The molecule has 0 aromatic heterocycles. The molecule has 1 atom stereocenters. The van der Waals surface area contributed by atoms with Crippen LogP contribution in [0.3, 0.4) is 0 Å². The summed E-state index contributed by atoms with van der Waals surface area (Å²) in [5, 5.41) is 12.9. The fraction of sp³-hybridized carbons (Fsp3) is 0.250. The molecule has 0 bridgehead atoms. The molecule has 0 fully saturated rings. The van der Waals surface area contributed by atoms with Crippen molar-refractivity contribution in [1.82, 2.24) is 5.32 Å². The summed E-state index contributed by atoms with van der Waals surface area (Å²) in [5.41, 5.74) is 2.24. The van der Waals surface area contributed by atoms with Crippen LogP contribution in [0.1, 0.15) is 24.1 Å². The third-order valence-corrected chi connectivity index (χ3v) is 3.87. The van der Waals surface area contributed by atoms with Crippen molar-refractivity contribution in [3.05, 3.63) is 58.1 Å². The zero-order valence-corrected chi connectivity index (χ0v) is 13.1. The van der Waals surface area contributed by atoms with E-state index in [0.29, 0.717) is 4.47 Å². The largest absolute Gasteiger partial charge is 0.507 e. The quantitative estimate of drug-likeness (QED) is 0.867. The van der Waals surface area contributed by atoms with Gasteiger partial charge in [-0.1, -0.05) is 24.3 Å². The summed E-state index contributed by atoms with van der Waals surface area (Å²) in [7, 11) is 1.68. The van der Waals surface area contributed by atoms with Crippen molar-refractivity contribution in [2.24, 2.45) is 0 Å². The van der Waals surface area contributed by atoms with Gasteiger partial charge in [0.15, 0.2) is 0 Å². The molecule has 0 aliphatic carbocycles. The average molecular weight is 336 g/mol. The van der Waals surface area contributed by atoms with E-state index in [1.165, 1.54) is 0 Å². The number of halogens is 1. The number of phenolic OH excluding ortho intramolecular Hbond substituents is 1. The Morgan fingerprint density at radius 1 is 1.25 bits per heavy atom. The van der Waals surface area contributed by atoms with Crippen LogP contribution in [0.2, 0.25) is 0 Å². The highest BCUT2D eigenvalue weighted by Crippen LogP contribution is 2.26. The van der Waals surface area contributed by atoms with Crippen LogP contribution in [0.25, 0.3) is 0 Å². The summed E-state index contributed by atoms with van der Waals surface area (Å²) >= 11 is 3.32. The lowest BCUT2D eigenvalue weighted by Gasteiger charge is -2.17. The molecule has 0 heterocycles. The number of hydrogen-bond donors (Lipinski definition) is 2. The van der Waals surface area contributed by atoms with Crippen molar-refractivity contribution in [3.63, 3.8) is 0 Å². The molecule has 0 unspecified atom stereocenters. The molecule has 0 saturated carbocycles. The Labute approximate surface area is 127 Å². The topological polar surface area (TPSA) is 41.5 Å². The standard InChI is InChI=1S/C16H18BrNO2/c1-11(13-5-3-4-6-16(13)20-2)18-10-12-7-8-15(19)14(17)9-12/h3-9,11,18-19H,10H2,1-2H3/t11-/m1/s1. The molecule has 0 saturated heterocycles. The Kier molecular flexibility index (Phi) is 5.04. The van der Waals surface area contributed by atoms with Crippen molar-refractivity contribution in [1.29, 1.82) is 0 Å². The molecule has 2 aromatic rings. The first kappa shape index (κ1) is 14.9. The summed E-state index contributed by atoms with van der Waals surface area (Å²) in [6, 6.07) is 13.7. The molecule has 0 amide bonds. The van der Waals surface area contributed by atoms with Crippen molar-refractivity contribution < 1.29 is 9.84 Å². The molecule has 2 aromatic carbocycles. The van der Waals surface area contributed by atoms with Crippen molar-refractivity contribution >= 4 is 15.9 Å². The molecule has 3 nitrogen and oxygen atoms in total. The molecule has 2 rings (SSSR count). The minimum absolute atomic E-state index is 0.179. The molecule has 0 spiro atoms. The van der Waals surface area contributed by atoms with Gasteiger partial charge < -0.3 is 15.2 Å². The van der Waals surface area contributed by atoms with Crippen LogP contribution in [-0.4, -0.2) is 12.2 Å². The van der Waals surface area contributed by atoms with Crippen LogP contribution >= 0.6 is 15.9 Å². The predicted octanol–water partition coefficient (Wildman–Crippen LogP) is 4.01. The maximum atomic E-state index is 9.48. The fourth-order valence-electron chi connectivity index (χ4n) is 2.07. The highest BCUT2D eigenvalue weighted by Gasteiger charge is 2.10. The monoisotopic (exact) mass is 335 g/mol. The predicted molar refractivity (Wildman–Crippen MR) is 84.1 cm³/mol. The zero-order valence-electron chi connectivity index (χ0n) is 11.6. The molecular formula is C16H18BrNO2. The summed E-state index contributed by atoms with van der Waals surface area (Å²) < 4.78 is 6.08. The third-order valence-electron chi connectivity index (χ3n) is 3.23. The van der Waals surface area contributed by atoms with Gasteiger partial charge in [-0.2, -0.15) is 0 Å². The zero-order chi connectivity index (χ0) is 14.5. The SMILES string of the molecule is COc1ccccc1[C@@H](C)NCc1ccc(O)c(Br)c1. The van der Waals surface area contributed by atoms with E-state index in [1.54, 1.807) is 13.2 Å². The van der Waals surface area contributed by atoms with E-state index in [4.69, 9.17) is 4.74 Å². The van der Waals surface area contributed by atoms with Gasteiger partial charge in [-0.3, -0.25) is 0 Å². The van der Waals surface area contributed by atoms with Crippen LogP contribution < -0.4 is 10.1 Å². The number of phenols is 1. The normalized spacial score (nSPS) is 12.2. The maximum absolute atomic E-state index is 9.48. The highest BCUT2D eigenvalue weighted by molar-refractivity contribution is 9.10.